The third kappa shape index (κ3) is 4.89. The SMILES string of the molecule is CCSc1nnc(NC(=O)c2ccc(C)c(S(=O)(=O)Nc3ccccc3)c2)s1. The number of carbonyl (C=O) groups is 1. The number of nitrogens with one attached hydrogen (secondary N) is 2. The second kappa shape index (κ2) is 8.72. The van der Waals surface area contributed by atoms with Crippen LogP contribution >= 0.6 is 23.1 Å². The number of carbonyl (C=O) groups excluding carboxylic acids is 1. The molecule has 0 aliphatic rings. The van der Waals surface area contributed by atoms with Crippen molar-refractivity contribution in [3.8, 4) is 0 Å². The van der Waals surface area contributed by atoms with Gasteiger partial charge in [0.25, 0.3) is 15.9 Å². The van der Waals surface area contributed by atoms with Crippen molar-refractivity contribution in [1.82, 2.24) is 10.2 Å². The summed E-state index contributed by atoms with van der Waals surface area (Å²) in [5, 5.41) is 10.9. The molecule has 7 nitrogen and oxygen atoms in total. The van der Waals surface area contributed by atoms with Gasteiger partial charge in [0.2, 0.25) is 5.13 Å². The zero-order chi connectivity index (χ0) is 20.1. The van der Waals surface area contributed by atoms with E-state index >= 15 is 0 Å². The minimum atomic E-state index is -3.83. The lowest BCUT2D eigenvalue weighted by molar-refractivity contribution is 0.102. The quantitative estimate of drug-likeness (QED) is 0.430. The molecule has 0 aliphatic carbocycles. The molecule has 1 heterocycles. The number of aryl methyl sites for hydroxylation is 1. The van der Waals surface area contributed by atoms with Crippen LogP contribution in [0.4, 0.5) is 10.8 Å². The van der Waals surface area contributed by atoms with Crippen LogP contribution in [0.5, 0.6) is 0 Å². The maximum Gasteiger partial charge on any atom is 0.262 e. The number of aromatic nitrogens is 2. The lowest BCUT2D eigenvalue weighted by Gasteiger charge is -2.12. The number of benzene rings is 2. The van der Waals surface area contributed by atoms with Gasteiger partial charge in [-0.1, -0.05) is 54.3 Å². The van der Waals surface area contributed by atoms with Crippen LogP contribution in [-0.2, 0) is 10.0 Å². The van der Waals surface area contributed by atoms with E-state index in [0.29, 0.717) is 16.4 Å². The summed E-state index contributed by atoms with van der Waals surface area (Å²) in [5.74, 6) is 0.413. The summed E-state index contributed by atoms with van der Waals surface area (Å²) in [7, 11) is -3.83. The summed E-state index contributed by atoms with van der Waals surface area (Å²) in [5.41, 5.74) is 1.21. The largest absolute Gasteiger partial charge is 0.296 e. The van der Waals surface area contributed by atoms with E-state index < -0.39 is 15.9 Å². The van der Waals surface area contributed by atoms with Gasteiger partial charge in [-0.25, -0.2) is 8.42 Å². The summed E-state index contributed by atoms with van der Waals surface area (Å²) in [6.45, 7) is 3.68. The standard InChI is InChI=1S/C18H18N4O3S3/c1-3-26-18-21-20-17(27-18)19-16(23)13-10-9-12(2)15(11-13)28(24,25)22-14-7-5-4-6-8-14/h4-11,22H,3H2,1-2H3,(H,19,20,23). The maximum atomic E-state index is 12.8. The summed E-state index contributed by atoms with van der Waals surface area (Å²) < 4.78 is 28.8. The maximum absolute atomic E-state index is 12.8. The first-order chi connectivity index (χ1) is 13.4. The van der Waals surface area contributed by atoms with E-state index in [2.05, 4.69) is 20.2 Å². The summed E-state index contributed by atoms with van der Waals surface area (Å²) in [4.78, 5) is 12.6. The van der Waals surface area contributed by atoms with Gasteiger partial charge in [0.1, 0.15) is 0 Å². The second-order valence-corrected chi connectivity index (χ2v) is 9.85. The van der Waals surface area contributed by atoms with Gasteiger partial charge in [-0.15, -0.1) is 10.2 Å². The van der Waals surface area contributed by atoms with Crippen LogP contribution in [-0.4, -0.2) is 30.3 Å². The molecule has 0 atom stereocenters. The average Bonchev–Trinajstić information content (AvgIpc) is 3.09. The highest BCUT2D eigenvalue weighted by Crippen LogP contribution is 2.26. The van der Waals surface area contributed by atoms with E-state index in [0.717, 1.165) is 10.1 Å². The predicted molar refractivity (Wildman–Crippen MR) is 113 cm³/mol. The van der Waals surface area contributed by atoms with Crippen LogP contribution in [0, 0.1) is 6.92 Å². The fourth-order valence-electron chi connectivity index (χ4n) is 2.36. The van der Waals surface area contributed by atoms with E-state index in [4.69, 9.17) is 0 Å². The number of hydrogen-bond donors (Lipinski definition) is 2. The molecule has 2 N–H and O–H groups in total. The van der Waals surface area contributed by atoms with Crippen molar-refractivity contribution in [2.75, 3.05) is 15.8 Å². The van der Waals surface area contributed by atoms with E-state index in [1.807, 2.05) is 6.92 Å². The van der Waals surface area contributed by atoms with Gasteiger partial charge < -0.3 is 0 Å². The Bertz CT molecular complexity index is 1080. The van der Waals surface area contributed by atoms with Crippen molar-refractivity contribution in [2.24, 2.45) is 0 Å². The van der Waals surface area contributed by atoms with Crippen LogP contribution in [0.25, 0.3) is 0 Å². The fourth-order valence-corrected chi connectivity index (χ4v) is 5.33. The Balaban J connectivity index is 1.82. The zero-order valence-electron chi connectivity index (χ0n) is 15.2. The Morgan fingerprint density at radius 2 is 1.89 bits per heavy atom. The Morgan fingerprint density at radius 1 is 1.14 bits per heavy atom. The third-order valence-electron chi connectivity index (χ3n) is 3.66. The minimum Gasteiger partial charge on any atom is -0.296 e. The Morgan fingerprint density at radius 3 is 2.61 bits per heavy atom. The van der Waals surface area contributed by atoms with Crippen molar-refractivity contribution < 1.29 is 13.2 Å². The molecule has 3 aromatic rings. The van der Waals surface area contributed by atoms with Crippen LogP contribution < -0.4 is 10.0 Å². The Kier molecular flexibility index (Phi) is 6.32. The summed E-state index contributed by atoms with van der Waals surface area (Å²) >= 11 is 2.81. The summed E-state index contributed by atoms with van der Waals surface area (Å²) in [6.07, 6.45) is 0. The Labute approximate surface area is 171 Å². The molecule has 1 aromatic heterocycles. The van der Waals surface area contributed by atoms with Gasteiger partial charge in [-0.3, -0.25) is 14.8 Å². The van der Waals surface area contributed by atoms with Crippen molar-refractivity contribution in [1.29, 1.82) is 0 Å². The van der Waals surface area contributed by atoms with Gasteiger partial charge in [-0.2, -0.15) is 0 Å². The molecule has 0 spiro atoms. The normalized spacial score (nSPS) is 11.2. The van der Waals surface area contributed by atoms with Crippen LogP contribution in [0.15, 0.2) is 57.8 Å². The van der Waals surface area contributed by atoms with Crippen molar-refractivity contribution >= 4 is 49.8 Å². The minimum absolute atomic E-state index is 0.0449. The number of anilines is 2. The first-order valence-electron chi connectivity index (χ1n) is 8.35. The van der Waals surface area contributed by atoms with E-state index in [9.17, 15) is 13.2 Å². The first kappa shape index (κ1) is 20.3. The van der Waals surface area contributed by atoms with E-state index in [1.54, 1.807) is 49.4 Å². The fraction of sp³-hybridized carbons (Fsp3) is 0.167. The number of amides is 1. The number of thioether (sulfide) groups is 1. The molecular weight excluding hydrogens is 416 g/mol. The molecule has 3 rings (SSSR count). The topological polar surface area (TPSA) is 101 Å². The molecule has 146 valence electrons. The van der Waals surface area contributed by atoms with Gasteiger partial charge >= 0.3 is 0 Å². The number of para-hydroxylation sites is 1. The van der Waals surface area contributed by atoms with Crippen molar-refractivity contribution in [2.45, 2.75) is 23.1 Å². The highest BCUT2D eigenvalue weighted by Gasteiger charge is 2.20. The van der Waals surface area contributed by atoms with Crippen LogP contribution in [0.2, 0.25) is 0 Å². The molecule has 0 fully saturated rings. The van der Waals surface area contributed by atoms with Crippen molar-refractivity contribution in [3.05, 3.63) is 59.7 Å². The molecule has 28 heavy (non-hydrogen) atoms. The molecule has 0 aliphatic heterocycles. The average molecular weight is 435 g/mol. The molecule has 1 amide bonds. The lowest BCUT2D eigenvalue weighted by Crippen LogP contribution is -2.17. The predicted octanol–water partition coefficient (Wildman–Crippen LogP) is 4.01. The lowest BCUT2D eigenvalue weighted by atomic mass is 10.1. The molecule has 10 heteroatoms. The highest BCUT2D eigenvalue weighted by molar-refractivity contribution is 8.01. The third-order valence-corrected chi connectivity index (χ3v) is 7.04. The number of nitrogens with zero attached hydrogens (tertiary/aromatic N) is 2. The zero-order valence-corrected chi connectivity index (χ0v) is 17.6. The van der Waals surface area contributed by atoms with Gasteiger partial charge in [0.15, 0.2) is 4.34 Å². The molecule has 0 radical (unpaired) electrons. The van der Waals surface area contributed by atoms with E-state index in [-0.39, 0.29) is 10.5 Å². The number of hydrogen-bond acceptors (Lipinski definition) is 7. The molecule has 2 aromatic carbocycles. The Hall–Kier alpha value is -2.43. The van der Waals surface area contributed by atoms with Gasteiger partial charge in [0.05, 0.1) is 4.90 Å². The van der Waals surface area contributed by atoms with Gasteiger partial charge in [-0.05, 0) is 42.5 Å². The molecule has 0 saturated carbocycles. The number of rotatable bonds is 7. The van der Waals surface area contributed by atoms with Gasteiger partial charge in [0, 0.05) is 11.3 Å². The monoisotopic (exact) mass is 434 g/mol. The summed E-state index contributed by atoms with van der Waals surface area (Å²) in [6, 6.07) is 13.1. The molecule has 0 bridgehead atoms. The van der Waals surface area contributed by atoms with Crippen molar-refractivity contribution in [3.63, 3.8) is 0 Å². The van der Waals surface area contributed by atoms with Crippen LogP contribution in [0.1, 0.15) is 22.8 Å². The first-order valence-corrected chi connectivity index (χ1v) is 11.6. The van der Waals surface area contributed by atoms with E-state index in [1.165, 1.54) is 29.2 Å². The number of sulfonamides is 1. The molecule has 0 saturated heterocycles. The smallest absolute Gasteiger partial charge is 0.262 e. The molecule has 0 unspecified atom stereocenters. The highest BCUT2D eigenvalue weighted by atomic mass is 32.2. The second-order valence-electron chi connectivity index (χ2n) is 5.71. The van der Waals surface area contributed by atoms with Crippen LogP contribution in [0.3, 0.4) is 0 Å². The molecular formula is C18H18N4O3S3.